The molecule has 5 heteroatoms. The number of ether oxygens (including phenoxy) is 3. The Morgan fingerprint density at radius 3 is 2.42 bits per heavy atom. The number of aliphatic hydroxyl groups is 2. The summed E-state index contributed by atoms with van der Waals surface area (Å²) in [5.74, 6) is 0. The van der Waals surface area contributed by atoms with E-state index in [-0.39, 0.29) is 6.61 Å². The van der Waals surface area contributed by atoms with Crippen molar-refractivity contribution >= 4 is 0 Å². The maximum Gasteiger partial charge on any atom is 0.186 e. The minimum Gasteiger partial charge on any atom is -0.388 e. The SMILES string of the molecule is CO[C@H]1OC[C@H](O)[C@H](O)[C@@H]1OC. The molecule has 0 radical (unpaired) electrons. The second-order valence-electron chi connectivity index (χ2n) is 2.70. The fourth-order valence-electron chi connectivity index (χ4n) is 1.22. The molecular formula is C7H14O5. The molecule has 1 fully saturated rings. The number of methoxy groups -OCH3 is 2. The zero-order valence-electron chi connectivity index (χ0n) is 7.14. The van der Waals surface area contributed by atoms with Crippen molar-refractivity contribution in [2.75, 3.05) is 20.8 Å². The molecule has 0 aliphatic carbocycles. The van der Waals surface area contributed by atoms with Crippen LogP contribution in [0.25, 0.3) is 0 Å². The molecule has 0 bridgehead atoms. The average Bonchev–Trinajstić information content (AvgIpc) is 2.09. The van der Waals surface area contributed by atoms with E-state index in [1.54, 1.807) is 0 Å². The molecule has 1 aliphatic rings. The summed E-state index contributed by atoms with van der Waals surface area (Å²) >= 11 is 0. The fourth-order valence-corrected chi connectivity index (χ4v) is 1.22. The largest absolute Gasteiger partial charge is 0.388 e. The molecule has 0 aromatic rings. The third kappa shape index (κ3) is 1.75. The lowest BCUT2D eigenvalue weighted by Gasteiger charge is -2.36. The van der Waals surface area contributed by atoms with Crippen LogP contribution in [0.15, 0.2) is 0 Å². The van der Waals surface area contributed by atoms with E-state index >= 15 is 0 Å². The highest BCUT2D eigenvalue weighted by atomic mass is 16.7. The monoisotopic (exact) mass is 178 g/mol. The highest BCUT2D eigenvalue weighted by Gasteiger charge is 2.38. The lowest BCUT2D eigenvalue weighted by atomic mass is 10.1. The van der Waals surface area contributed by atoms with Gasteiger partial charge in [-0.1, -0.05) is 0 Å². The van der Waals surface area contributed by atoms with Crippen LogP contribution in [0.2, 0.25) is 0 Å². The summed E-state index contributed by atoms with van der Waals surface area (Å²) in [5, 5.41) is 18.6. The van der Waals surface area contributed by atoms with E-state index in [1.807, 2.05) is 0 Å². The summed E-state index contributed by atoms with van der Waals surface area (Å²) < 4.78 is 14.9. The van der Waals surface area contributed by atoms with E-state index in [2.05, 4.69) is 0 Å². The summed E-state index contributed by atoms with van der Waals surface area (Å²) in [4.78, 5) is 0. The molecule has 2 N–H and O–H groups in total. The Bertz CT molecular complexity index is 138. The van der Waals surface area contributed by atoms with Gasteiger partial charge >= 0.3 is 0 Å². The Hall–Kier alpha value is -0.200. The Balaban J connectivity index is 2.58. The van der Waals surface area contributed by atoms with Crippen LogP contribution in [-0.2, 0) is 14.2 Å². The van der Waals surface area contributed by atoms with Crippen molar-refractivity contribution in [1.82, 2.24) is 0 Å². The zero-order chi connectivity index (χ0) is 9.14. The van der Waals surface area contributed by atoms with E-state index in [9.17, 15) is 10.2 Å². The van der Waals surface area contributed by atoms with Crippen LogP contribution in [-0.4, -0.2) is 55.6 Å². The summed E-state index contributed by atoms with van der Waals surface area (Å²) in [6.45, 7) is 0.0690. The van der Waals surface area contributed by atoms with Crippen LogP contribution in [0.4, 0.5) is 0 Å². The Morgan fingerprint density at radius 1 is 1.25 bits per heavy atom. The van der Waals surface area contributed by atoms with Crippen LogP contribution >= 0.6 is 0 Å². The first-order chi connectivity index (χ1) is 5.70. The van der Waals surface area contributed by atoms with E-state index in [1.165, 1.54) is 14.2 Å². The minimum absolute atomic E-state index is 0.0690. The topological polar surface area (TPSA) is 68.2 Å². The summed E-state index contributed by atoms with van der Waals surface area (Å²) in [7, 11) is 2.89. The summed E-state index contributed by atoms with van der Waals surface area (Å²) in [5.41, 5.74) is 0. The first-order valence-corrected chi connectivity index (χ1v) is 3.74. The first kappa shape index (κ1) is 9.88. The van der Waals surface area contributed by atoms with Crippen molar-refractivity contribution in [3.8, 4) is 0 Å². The molecule has 0 saturated carbocycles. The number of hydrogen-bond donors (Lipinski definition) is 2. The van der Waals surface area contributed by atoms with Crippen LogP contribution < -0.4 is 0 Å². The van der Waals surface area contributed by atoms with Gasteiger partial charge in [0.2, 0.25) is 0 Å². The fraction of sp³-hybridized carbons (Fsp3) is 1.00. The summed E-state index contributed by atoms with van der Waals surface area (Å²) in [6.07, 6.45) is -3.08. The van der Waals surface area contributed by atoms with Crippen LogP contribution in [0.1, 0.15) is 0 Å². The van der Waals surface area contributed by atoms with Crippen molar-refractivity contribution in [3.05, 3.63) is 0 Å². The van der Waals surface area contributed by atoms with Gasteiger partial charge in [-0.05, 0) is 0 Å². The number of aliphatic hydroxyl groups excluding tert-OH is 2. The van der Waals surface area contributed by atoms with Gasteiger partial charge in [0, 0.05) is 14.2 Å². The molecule has 1 heterocycles. The predicted octanol–water partition coefficient (Wildman–Crippen LogP) is -1.27. The van der Waals surface area contributed by atoms with E-state index in [0.717, 1.165) is 0 Å². The second-order valence-corrected chi connectivity index (χ2v) is 2.70. The molecule has 1 saturated heterocycles. The van der Waals surface area contributed by atoms with Gasteiger partial charge in [0.25, 0.3) is 0 Å². The molecule has 1 rings (SSSR count). The van der Waals surface area contributed by atoms with Crippen LogP contribution in [0.3, 0.4) is 0 Å². The van der Waals surface area contributed by atoms with Crippen LogP contribution in [0.5, 0.6) is 0 Å². The van der Waals surface area contributed by atoms with E-state index < -0.39 is 24.6 Å². The van der Waals surface area contributed by atoms with Crippen molar-refractivity contribution in [1.29, 1.82) is 0 Å². The minimum atomic E-state index is -0.950. The maximum atomic E-state index is 9.40. The maximum absolute atomic E-state index is 9.40. The summed E-state index contributed by atoms with van der Waals surface area (Å²) in [6, 6.07) is 0. The lowest BCUT2D eigenvalue weighted by Crippen LogP contribution is -2.54. The zero-order valence-corrected chi connectivity index (χ0v) is 7.14. The second kappa shape index (κ2) is 4.15. The average molecular weight is 178 g/mol. The molecule has 0 amide bonds. The molecule has 0 aromatic heterocycles. The highest BCUT2D eigenvalue weighted by molar-refractivity contribution is 4.83. The number of hydrogen-bond acceptors (Lipinski definition) is 5. The van der Waals surface area contributed by atoms with Gasteiger partial charge in [-0.15, -0.1) is 0 Å². The smallest absolute Gasteiger partial charge is 0.186 e. The third-order valence-corrected chi connectivity index (χ3v) is 1.93. The van der Waals surface area contributed by atoms with Gasteiger partial charge < -0.3 is 24.4 Å². The van der Waals surface area contributed by atoms with E-state index in [0.29, 0.717) is 0 Å². The molecular weight excluding hydrogens is 164 g/mol. The Labute approximate surface area is 70.9 Å². The van der Waals surface area contributed by atoms with Gasteiger partial charge in [0.1, 0.15) is 18.3 Å². The highest BCUT2D eigenvalue weighted by Crippen LogP contribution is 2.18. The Morgan fingerprint density at radius 2 is 1.92 bits per heavy atom. The van der Waals surface area contributed by atoms with Gasteiger partial charge in [0.15, 0.2) is 6.29 Å². The van der Waals surface area contributed by atoms with Crippen molar-refractivity contribution in [2.24, 2.45) is 0 Å². The third-order valence-electron chi connectivity index (χ3n) is 1.93. The molecule has 0 unspecified atom stereocenters. The standard InChI is InChI=1S/C7H14O5/c1-10-6-5(9)4(8)3-12-7(6)11-2/h4-9H,3H2,1-2H3/t4-,5-,6-,7-/m0/s1. The molecule has 0 spiro atoms. The van der Waals surface area contributed by atoms with Gasteiger partial charge in [-0.2, -0.15) is 0 Å². The molecule has 0 aromatic carbocycles. The first-order valence-electron chi connectivity index (χ1n) is 3.74. The molecule has 5 nitrogen and oxygen atoms in total. The van der Waals surface area contributed by atoms with Gasteiger partial charge in [0.05, 0.1) is 6.61 Å². The lowest BCUT2D eigenvalue weighted by molar-refractivity contribution is -0.268. The van der Waals surface area contributed by atoms with Crippen molar-refractivity contribution in [3.63, 3.8) is 0 Å². The predicted molar refractivity (Wildman–Crippen MR) is 39.6 cm³/mol. The van der Waals surface area contributed by atoms with E-state index in [4.69, 9.17) is 14.2 Å². The van der Waals surface area contributed by atoms with Gasteiger partial charge in [-0.3, -0.25) is 0 Å². The molecule has 4 atom stereocenters. The van der Waals surface area contributed by atoms with Crippen molar-refractivity contribution < 1.29 is 24.4 Å². The van der Waals surface area contributed by atoms with Crippen LogP contribution in [0, 0.1) is 0 Å². The molecule has 12 heavy (non-hydrogen) atoms. The molecule has 72 valence electrons. The molecule has 1 aliphatic heterocycles. The number of rotatable bonds is 2. The van der Waals surface area contributed by atoms with Gasteiger partial charge in [-0.25, -0.2) is 0 Å². The Kier molecular flexibility index (Phi) is 3.42. The quantitative estimate of drug-likeness (QED) is 0.551. The normalized spacial score (nSPS) is 43.0. The van der Waals surface area contributed by atoms with Crippen molar-refractivity contribution in [2.45, 2.75) is 24.6 Å².